The lowest BCUT2D eigenvalue weighted by Crippen LogP contribution is -2.33. The van der Waals surface area contributed by atoms with Crippen LogP contribution in [0.5, 0.6) is 11.5 Å². The fourth-order valence-electron chi connectivity index (χ4n) is 4.34. The minimum Gasteiger partial charge on any atom is -0.493 e. The van der Waals surface area contributed by atoms with Crippen molar-refractivity contribution in [2.75, 3.05) is 12.4 Å². The van der Waals surface area contributed by atoms with Crippen molar-refractivity contribution >= 4 is 22.5 Å². The van der Waals surface area contributed by atoms with E-state index >= 15 is 0 Å². The number of hydrogen-bond donors (Lipinski definition) is 2. The predicted molar refractivity (Wildman–Crippen MR) is 155 cm³/mol. The first-order valence-electron chi connectivity index (χ1n) is 12.9. The first-order chi connectivity index (χ1) is 19.6. The van der Waals surface area contributed by atoms with Crippen LogP contribution in [0.4, 0.5) is 5.69 Å². The first kappa shape index (κ1) is 26.3. The molecule has 0 aliphatic heterocycles. The number of carbonyl (C=O) groups is 1. The SMILES string of the molecule is COc1cc(C(Nc2ccc(C#N)cc2)C(=O)NCc2ccccc2)ccc1OCc1ccc2cccnc2c1. The molecular weight excluding hydrogens is 500 g/mol. The summed E-state index contributed by atoms with van der Waals surface area (Å²) in [6.45, 7) is 0.733. The normalized spacial score (nSPS) is 11.3. The highest BCUT2D eigenvalue weighted by Crippen LogP contribution is 2.32. The molecule has 198 valence electrons. The lowest BCUT2D eigenvalue weighted by molar-refractivity contribution is -0.122. The molecule has 0 aliphatic rings. The molecule has 1 amide bonds. The van der Waals surface area contributed by atoms with E-state index in [-0.39, 0.29) is 5.91 Å². The molecule has 1 unspecified atom stereocenters. The highest BCUT2D eigenvalue weighted by atomic mass is 16.5. The van der Waals surface area contributed by atoms with Crippen LogP contribution in [-0.2, 0) is 17.9 Å². The molecule has 0 aliphatic carbocycles. The van der Waals surface area contributed by atoms with Gasteiger partial charge in [0.05, 0.1) is 24.3 Å². The van der Waals surface area contributed by atoms with Gasteiger partial charge in [-0.2, -0.15) is 5.26 Å². The number of pyridine rings is 1. The average molecular weight is 529 g/mol. The molecule has 5 rings (SSSR count). The van der Waals surface area contributed by atoms with Crippen molar-refractivity contribution in [1.29, 1.82) is 5.26 Å². The van der Waals surface area contributed by atoms with E-state index in [2.05, 4.69) is 21.7 Å². The third-order valence-electron chi connectivity index (χ3n) is 6.48. The van der Waals surface area contributed by atoms with Crippen molar-refractivity contribution in [2.24, 2.45) is 0 Å². The molecule has 0 saturated heterocycles. The summed E-state index contributed by atoms with van der Waals surface area (Å²) in [5.41, 5.74) is 4.85. The van der Waals surface area contributed by atoms with Crippen LogP contribution in [0.3, 0.4) is 0 Å². The van der Waals surface area contributed by atoms with Crippen molar-refractivity contribution in [2.45, 2.75) is 19.2 Å². The molecule has 0 fully saturated rings. The highest BCUT2D eigenvalue weighted by Gasteiger charge is 2.22. The second-order valence-corrected chi connectivity index (χ2v) is 9.20. The molecule has 1 atom stereocenters. The van der Waals surface area contributed by atoms with Crippen LogP contribution in [0.25, 0.3) is 10.9 Å². The maximum atomic E-state index is 13.4. The van der Waals surface area contributed by atoms with Crippen LogP contribution in [0, 0.1) is 11.3 Å². The van der Waals surface area contributed by atoms with E-state index in [9.17, 15) is 4.79 Å². The Balaban J connectivity index is 1.36. The lowest BCUT2D eigenvalue weighted by atomic mass is 10.0. The number of nitrogens with zero attached hydrogens (tertiary/aromatic N) is 2. The van der Waals surface area contributed by atoms with Gasteiger partial charge in [-0.1, -0.05) is 54.6 Å². The van der Waals surface area contributed by atoms with Gasteiger partial charge in [0.15, 0.2) is 11.5 Å². The minimum atomic E-state index is -0.717. The molecule has 1 aromatic heterocycles. The zero-order valence-electron chi connectivity index (χ0n) is 22.0. The third kappa shape index (κ3) is 6.37. The zero-order valence-corrected chi connectivity index (χ0v) is 22.0. The molecule has 0 bridgehead atoms. The van der Waals surface area contributed by atoms with Gasteiger partial charge < -0.3 is 20.1 Å². The molecule has 40 heavy (non-hydrogen) atoms. The molecule has 4 aromatic carbocycles. The molecule has 2 N–H and O–H groups in total. The van der Waals surface area contributed by atoms with Gasteiger partial charge in [-0.25, -0.2) is 0 Å². The van der Waals surface area contributed by atoms with Gasteiger partial charge in [0.2, 0.25) is 5.91 Å². The van der Waals surface area contributed by atoms with Crippen molar-refractivity contribution in [1.82, 2.24) is 10.3 Å². The van der Waals surface area contributed by atoms with E-state index in [0.29, 0.717) is 41.5 Å². The number of fused-ring (bicyclic) bond motifs is 1. The number of amides is 1. The van der Waals surface area contributed by atoms with E-state index in [1.54, 1.807) is 43.6 Å². The number of benzene rings is 4. The highest BCUT2D eigenvalue weighted by molar-refractivity contribution is 5.86. The van der Waals surface area contributed by atoms with E-state index in [4.69, 9.17) is 14.7 Å². The Kier molecular flexibility index (Phi) is 8.18. The van der Waals surface area contributed by atoms with Crippen LogP contribution in [0.15, 0.2) is 109 Å². The standard InChI is InChI=1S/C33H28N4O3/c1-39-31-19-27(13-16-30(31)40-22-25-9-12-26-8-5-17-35-29(26)18-25)32(37-28-14-10-23(20-34)11-15-28)33(38)36-21-24-6-3-2-4-7-24/h2-19,32,37H,21-22H2,1H3,(H,36,38). The second kappa shape index (κ2) is 12.5. The summed E-state index contributed by atoms with van der Waals surface area (Å²) in [6.07, 6.45) is 1.77. The largest absolute Gasteiger partial charge is 0.493 e. The van der Waals surface area contributed by atoms with Crippen LogP contribution in [0.1, 0.15) is 28.3 Å². The summed E-state index contributed by atoms with van der Waals surface area (Å²) in [5.74, 6) is 0.876. The van der Waals surface area contributed by atoms with E-state index in [1.165, 1.54) is 0 Å². The molecule has 0 saturated carbocycles. The molecule has 5 aromatic rings. The van der Waals surface area contributed by atoms with Gasteiger partial charge in [0.25, 0.3) is 0 Å². The smallest absolute Gasteiger partial charge is 0.247 e. The number of hydrogen-bond acceptors (Lipinski definition) is 6. The Morgan fingerprint density at radius 1 is 0.900 bits per heavy atom. The van der Waals surface area contributed by atoms with E-state index in [1.807, 2.05) is 72.8 Å². The molecule has 0 spiro atoms. The number of anilines is 1. The molecule has 7 heteroatoms. The fraction of sp³-hybridized carbons (Fsp3) is 0.121. The molecule has 0 radical (unpaired) electrons. The van der Waals surface area contributed by atoms with Gasteiger partial charge in [-0.05, 0) is 65.2 Å². The quantitative estimate of drug-likeness (QED) is 0.225. The molecule has 7 nitrogen and oxygen atoms in total. The van der Waals surface area contributed by atoms with Crippen molar-refractivity contribution in [3.8, 4) is 17.6 Å². The molecular formula is C33H28N4O3. The van der Waals surface area contributed by atoms with Crippen LogP contribution < -0.4 is 20.1 Å². The van der Waals surface area contributed by atoms with Gasteiger partial charge in [0.1, 0.15) is 12.6 Å². The monoisotopic (exact) mass is 528 g/mol. The van der Waals surface area contributed by atoms with Crippen molar-refractivity contribution in [3.05, 3.63) is 132 Å². The Morgan fingerprint density at radius 3 is 2.50 bits per heavy atom. The molecule has 1 heterocycles. The van der Waals surface area contributed by atoms with Crippen molar-refractivity contribution in [3.63, 3.8) is 0 Å². The van der Waals surface area contributed by atoms with Gasteiger partial charge >= 0.3 is 0 Å². The van der Waals surface area contributed by atoms with E-state index in [0.717, 1.165) is 22.0 Å². The van der Waals surface area contributed by atoms with E-state index < -0.39 is 6.04 Å². The Bertz CT molecular complexity index is 1650. The Hall–Kier alpha value is -5.35. The summed E-state index contributed by atoms with van der Waals surface area (Å²) >= 11 is 0. The Labute approximate surface area is 233 Å². The number of nitriles is 1. The first-order valence-corrected chi connectivity index (χ1v) is 12.9. The van der Waals surface area contributed by atoms with Crippen LogP contribution in [0.2, 0.25) is 0 Å². The predicted octanol–water partition coefficient (Wildman–Crippen LogP) is 6.16. The maximum absolute atomic E-state index is 13.4. The number of rotatable bonds is 10. The average Bonchev–Trinajstić information content (AvgIpc) is 3.02. The summed E-state index contributed by atoms with van der Waals surface area (Å²) in [4.78, 5) is 17.9. The van der Waals surface area contributed by atoms with Crippen LogP contribution in [-0.4, -0.2) is 18.0 Å². The van der Waals surface area contributed by atoms with Crippen LogP contribution >= 0.6 is 0 Å². The summed E-state index contributed by atoms with van der Waals surface area (Å²) in [7, 11) is 1.57. The minimum absolute atomic E-state index is 0.201. The summed E-state index contributed by atoms with van der Waals surface area (Å²) in [5, 5.41) is 16.5. The van der Waals surface area contributed by atoms with Gasteiger partial charge in [0, 0.05) is 23.8 Å². The summed E-state index contributed by atoms with van der Waals surface area (Å²) < 4.78 is 11.8. The van der Waals surface area contributed by atoms with Gasteiger partial charge in [-0.3, -0.25) is 9.78 Å². The second-order valence-electron chi connectivity index (χ2n) is 9.20. The number of carbonyl (C=O) groups excluding carboxylic acids is 1. The zero-order chi connectivity index (χ0) is 27.7. The third-order valence-corrected chi connectivity index (χ3v) is 6.48. The summed E-state index contributed by atoms with van der Waals surface area (Å²) in [6, 6.07) is 33.6. The fourth-order valence-corrected chi connectivity index (χ4v) is 4.34. The topological polar surface area (TPSA) is 96.3 Å². The number of ether oxygens (including phenoxy) is 2. The number of methoxy groups -OCH3 is 1. The number of aromatic nitrogens is 1. The Morgan fingerprint density at radius 2 is 1.73 bits per heavy atom. The van der Waals surface area contributed by atoms with Crippen molar-refractivity contribution < 1.29 is 14.3 Å². The lowest BCUT2D eigenvalue weighted by Gasteiger charge is -2.21. The van der Waals surface area contributed by atoms with Gasteiger partial charge in [-0.15, -0.1) is 0 Å². The maximum Gasteiger partial charge on any atom is 0.247 e. The number of nitrogens with one attached hydrogen (secondary N) is 2.